The highest BCUT2D eigenvalue weighted by atomic mass is 16.1. The maximum Gasteiger partial charge on any atom is 0.259 e. The molecule has 3 heterocycles. The van der Waals surface area contributed by atoms with E-state index >= 15 is 0 Å². The lowest BCUT2D eigenvalue weighted by molar-refractivity contribution is 0.255. The van der Waals surface area contributed by atoms with Crippen molar-refractivity contribution in [2.24, 2.45) is 0 Å². The zero-order valence-electron chi connectivity index (χ0n) is 19.1. The first-order valence-corrected chi connectivity index (χ1v) is 11.5. The molecular formula is C27H28N6O. The van der Waals surface area contributed by atoms with Crippen LogP contribution >= 0.6 is 0 Å². The van der Waals surface area contributed by atoms with Crippen LogP contribution in [0.15, 0.2) is 65.6 Å². The quantitative estimate of drug-likeness (QED) is 0.259. The molecule has 34 heavy (non-hydrogen) atoms. The van der Waals surface area contributed by atoms with Crippen LogP contribution in [0, 0.1) is 5.41 Å². The van der Waals surface area contributed by atoms with E-state index in [1.54, 1.807) is 12.3 Å². The van der Waals surface area contributed by atoms with Crippen LogP contribution in [-0.4, -0.2) is 41.2 Å². The van der Waals surface area contributed by atoms with Gasteiger partial charge in [0.05, 0.1) is 11.1 Å². The summed E-state index contributed by atoms with van der Waals surface area (Å²) in [5.74, 6) is 1.08. The van der Waals surface area contributed by atoms with Crippen LogP contribution in [0.2, 0.25) is 0 Å². The number of hydrogen-bond donors (Lipinski definition) is 4. The number of anilines is 3. The van der Waals surface area contributed by atoms with Crippen LogP contribution in [-0.2, 0) is 0 Å². The molecule has 5 N–H and O–H groups in total. The highest BCUT2D eigenvalue weighted by Gasteiger charge is 2.18. The Balaban J connectivity index is 1.50. The van der Waals surface area contributed by atoms with Gasteiger partial charge in [0, 0.05) is 34.9 Å². The summed E-state index contributed by atoms with van der Waals surface area (Å²) in [5.41, 5.74) is 10.8. The van der Waals surface area contributed by atoms with Crippen LogP contribution in [0.3, 0.4) is 0 Å². The standard InChI is InChI=1S/C27H28N6O/c1-33-12-9-18(10-13-33)17-4-6-22(7-5-17)31-26-25-20(8-11-30-27(25)34)15-24(32-26)19-2-3-21(16-28)23(29)14-19/h2-8,11,14-16,18,28H,9-10,12-13,29H2,1H3,(H,30,34)(H,31,32). The molecule has 7 heteroatoms. The second-order valence-corrected chi connectivity index (χ2v) is 8.94. The third-order valence-corrected chi connectivity index (χ3v) is 6.66. The van der Waals surface area contributed by atoms with Crippen LogP contribution in [0.1, 0.15) is 29.9 Å². The lowest BCUT2D eigenvalue weighted by atomic mass is 9.89. The molecule has 0 bridgehead atoms. The molecule has 0 saturated carbocycles. The van der Waals surface area contributed by atoms with Gasteiger partial charge >= 0.3 is 0 Å². The number of pyridine rings is 2. The third-order valence-electron chi connectivity index (χ3n) is 6.66. The number of H-pyrrole nitrogens is 1. The molecule has 7 nitrogen and oxygen atoms in total. The molecule has 2 aromatic carbocycles. The van der Waals surface area contributed by atoms with Crippen molar-refractivity contribution in [3.63, 3.8) is 0 Å². The minimum absolute atomic E-state index is 0.194. The first-order valence-electron chi connectivity index (χ1n) is 11.5. The largest absolute Gasteiger partial charge is 0.398 e. The van der Waals surface area contributed by atoms with Crippen molar-refractivity contribution in [2.75, 3.05) is 31.2 Å². The highest BCUT2D eigenvalue weighted by molar-refractivity contribution is 5.95. The number of likely N-dealkylation sites (tertiary alicyclic amines) is 1. The van der Waals surface area contributed by atoms with Gasteiger partial charge in [-0.15, -0.1) is 0 Å². The monoisotopic (exact) mass is 452 g/mol. The van der Waals surface area contributed by atoms with Crippen LogP contribution in [0.25, 0.3) is 22.0 Å². The van der Waals surface area contributed by atoms with Crippen molar-refractivity contribution >= 4 is 34.2 Å². The molecule has 0 aliphatic carbocycles. The summed E-state index contributed by atoms with van der Waals surface area (Å²) in [5, 5.41) is 12.1. The maximum atomic E-state index is 12.7. The van der Waals surface area contributed by atoms with Crippen molar-refractivity contribution in [1.29, 1.82) is 5.41 Å². The number of nitrogens with two attached hydrogens (primary N) is 1. The predicted molar refractivity (Wildman–Crippen MR) is 139 cm³/mol. The Kier molecular flexibility index (Phi) is 5.86. The van der Waals surface area contributed by atoms with Gasteiger partial charge in [-0.3, -0.25) is 4.79 Å². The Morgan fingerprint density at radius 2 is 1.88 bits per heavy atom. The fraction of sp³-hybridized carbons (Fsp3) is 0.222. The number of rotatable bonds is 5. The minimum Gasteiger partial charge on any atom is -0.398 e. The van der Waals surface area contributed by atoms with Crippen LogP contribution in [0.5, 0.6) is 0 Å². The van der Waals surface area contributed by atoms with Gasteiger partial charge in [0.25, 0.3) is 5.56 Å². The first kappa shape index (κ1) is 21.9. The van der Waals surface area contributed by atoms with Crippen molar-refractivity contribution in [1.82, 2.24) is 14.9 Å². The summed E-state index contributed by atoms with van der Waals surface area (Å²) >= 11 is 0. The topological polar surface area (TPSA) is 111 Å². The van der Waals surface area contributed by atoms with E-state index in [1.807, 2.05) is 24.3 Å². The summed E-state index contributed by atoms with van der Waals surface area (Å²) in [4.78, 5) is 22.6. The average Bonchev–Trinajstić information content (AvgIpc) is 2.85. The molecule has 0 amide bonds. The molecule has 172 valence electrons. The van der Waals surface area contributed by atoms with Crippen LogP contribution in [0.4, 0.5) is 17.2 Å². The summed E-state index contributed by atoms with van der Waals surface area (Å²) in [6, 6.07) is 17.7. The van der Waals surface area contributed by atoms with Gasteiger partial charge < -0.3 is 26.3 Å². The maximum absolute atomic E-state index is 12.7. The first-order chi connectivity index (χ1) is 16.5. The number of nitrogens with zero attached hydrogens (tertiary/aromatic N) is 2. The molecular weight excluding hydrogens is 424 g/mol. The van der Waals surface area contributed by atoms with Gasteiger partial charge in [-0.25, -0.2) is 4.98 Å². The zero-order valence-corrected chi connectivity index (χ0v) is 19.1. The molecule has 4 aromatic rings. The van der Waals surface area contributed by atoms with E-state index in [0.717, 1.165) is 29.7 Å². The van der Waals surface area contributed by atoms with E-state index in [2.05, 4.69) is 46.5 Å². The molecule has 2 aromatic heterocycles. The number of aromatic amines is 1. The Labute approximate surface area is 198 Å². The normalized spacial score (nSPS) is 14.9. The fourth-order valence-electron chi connectivity index (χ4n) is 4.64. The van der Waals surface area contributed by atoms with E-state index in [4.69, 9.17) is 16.1 Å². The summed E-state index contributed by atoms with van der Waals surface area (Å²) in [6.45, 7) is 2.25. The van der Waals surface area contributed by atoms with Crippen molar-refractivity contribution in [3.8, 4) is 11.3 Å². The number of nitrogens with one attached hydrogen (secondary N) is 3. The number of hydrogen-bond acceptors (Lipinski definition) is 6. The highest BCUT2D eigenvalue weighted by Crippen LogP contribution is 2.31. The molecule has 1 fully saturated rings. The van der Waals surface area contributed by atoms with Gasteiger partial charge in [-0.1, -0.05) is 24.3 Å². The molecule has 0 spiro atoms. The molecule has 1 aliphatic heterocycles. The van der Waals surface area contributed by atoms with Crippen LogP contribution < -0.4 is 16.6 Å². The molecule has 0 radical (unpaired) electrons. The Morgan fingerprint density at radius 3 is 2.59 bits per heavy atom. The predicted octanol–water partition coefficient (Wildman–Crippen LogP) is 4.72. The average molecular weight is 453 g/mol. The Morgan fingerprint density at radius 1 is 1.12 bits per heavy atom. The van der Waals surface area contributed by atoms with E-state index in [9.17, 15) is 4.79 Å². The van der Waals surface area contributed by atoms with E-state index < -0.39 is 0 Å². The number of benzene rings is 2. The van der Waals surface area contributed by atoms with Gasteiger partial charge in [-0.05, 0) is 80.2 Å². The smallest absolute Gasteiger partial charge is 0.259 e. The van der Waals surface area contributed by atoms with E-state index in [0.29, 0.717) is 34.1 Å². The van der Waals surface area contributed by atoms with E-state index in [1.165, 1.54) is 24.6 Å². The number of piperidine rings is 1. The van der Waals surface area contributed by atoms with Crippen molar-refractivity contribution in [3.05, 3.63) is 82.3 Å². The molecule has 1 aliphatic rings. The lowest BCUT2D eigenvalue weighted by Gasteiger charge is -2.29. The molecule has 0 unspecified atom stereocenters. The molecule has 0 atom stereocenters. The van der Waals surface area contributed by atoms with Gasteiger partial charge in [-0.2, -0.15) is 0 Å². The number of aromatic nitrogens is 2. The molecule has 5 rings (SSSR count). The fourth-order valence-corrected chi connectivity index (χ4v) is 4.64. The summed E-state index contributed by atoms with van der Waals surface area (Å²) < 4.78 is 0. The third kappa shape index (κ3) is 4.30. The second-order valence-electron chi connectivity index (χ2n) is 8.94. The second kappa shape index (κ2) is 9.11. The minimum atomic E-state index is -0.194. The van der Waals surface area contributed by atoms with E-state index in [-0.39, 0.29) is 5.56 Å². The van der Waals surface area contributed by atoms with Gasteiger partial charge in [0.1, 0.15) is 5.82 Å². The molecule has 1 saturated heterocycles. The summed E-state index contributed by atoms with van der Waals surface area (Å²) in [7, 11) is 2.17. The Hall–Kier alpha value is -3.97. The lowest BCUT2D eigenvalue weighted by Crippen LogP contribution is -2.29. The van der Waals surface area contributed by atoms with Crippen molar-refractivity contribution < 1.29 is 0 Å². The number of fused-ring (bicyclic) bond motifs is 1. The number of nitrogen functional groups attached to an aromatic ring is 1. The van der Waals surface area contributed by atoms with Gasteiger partial charge in [0.2, 0.25) is 0 Å². The van der Waals surface area contributed by atoms with Crippen molar-refractivity contribution in [2.45, 2.75) is 18.8 Å². The van der Waals surface area contributed by atoms with Gasteiger partial charge in [0.15, 0.2) is 0 Å². The SMILES string of the molecule is CN1CCC(c2ccc(Nc3nc(-c4ccc(C=N)c(N)c4)cc4cc[nH]c(=O)c34)cc2)CC1. The Bertz CT molecular complexity index is 1400. The summed E-state index contributed by atoms with van der Waals surface area (Å²) in [6.07, 6.45) is 5.22. The zero-order chi connectivity index (χ0) is 23.7.